The van der Waals surface area contributed by atoms with Crippen molar-refractivity contribution in [1.29, 1.82) is 0 Å². The number of nitrogens with one attached hydrogen (secondary N) is 1. The van der Waals surface area contributed by atoms with Crippen molar-refractivity contribution in [2.24, 2.45) is 0 Å². The van der Waals surface area contributed by atoms with Gasteiger partial charge in [-0.3, -0.25) is 19.3 Å². The SMILES string of the molecule is CC(OC(=O)c1ccc(CN2CCCC2=O)cc1)C(=O)N1CC(=O)Nc2cc(C(F)(F)F)ccc21. The highest BCUT2D eigenvalue weighted by atomic mass is 19.4. The largest absolute Gasteiger partial charge is 0.449 e. The Bertz CT molecular complexity index is 1180. The number of ether oxygens (including phenoxy) is 1. The van der Waals surface area contributed by atoms with Gasteiger partial charge in [0.15, 0.2) is 6.10 Å². The van der Waals surface area contributed by atoms with E-state index in [1.165, 1.54) is 19.1 Å². The van der Waals surface area contributed by atoms with Crippen molar-refractivity contribution < 1.29 is 37.1 Å². The number of likely N-dealkylation sites (tertiary alicyclic amines) is 1. The van der Waals surface area contributed by atoms with Crippen molar-refractivity contribution in [2.45, 2.75) is 38.6 Å². The number of alkyl halides is 3. The lowest BCUT2D eigenvalue weighted by Gasteiger charge is -2.31. The first kappa shape index (κ1) is 24.2. The fourth-order valence-corrected chi connectivity index (χ4v) is 4.00. The normalized spacial score (nSPS) is 16.6. The summed E-state index contributed by atoms with van der Waals surface area (Å²) in [5.41, 5.74) is -0.0213. The predicted molar refractivity (Wildman–Crippen MR) is 118 cm³/mol. The number of anilines is 2. The fraction of sp³-hybridized carbons (Fsp3) is 0.333. The molecular formula is C24H22F3N3O5. The Hall–Kier alpha value is -3.89. The third kappa shape index (κ3) is 5.28. The van der Waals surface area contributed by atoms with Crippen LogP contribution in [-0.4, -0.2) is 47.8 Å². The molecule has 1 N–H and O–H groups in total. The third-order valence-corrected chi connectivity index (χ3v) is 5.82. The van der Waals surface area contributed by atoms with Crippen LogP contribution in [0.4, 0.5) is 24.5 Å². The minimum absolute atomic E-state index is 0.0753. The lowest BCUT2D eigenvalue weighted by Crippen LogP contribution is -2.47. The molecule has 0 bridgehead atoms. The van der Waals surface area contributed by atoms with E-state index in [1.54, 1.807) is 17.0 Å². The number of nitrogens with zero attached hydrogens (tertiary/aromatic N) is 2. The van der Waals surface area contributed by atoms with Crippen molar-refractivity contribution in [3.8, 4) is 0 Å². The number of halogens is 3. The number of carbonyl (C=O) groups is 4. The molecule has 1 saturated heterocycles. The summed E-state index contributed by atoms with van der Waals surface area (Å²) in [5.74, 6) is -2.11. The first-order valence-corrected chi connectivity index (χ1v) is 10.9. The second-order valence-electron chi connectivity index (χ2n) is 8.37. The molecule has 0 aliphatic carbocycles. The van der Waals surface area contributed by atoms with Crippen molar-refractivity contribution >= 4 is 35.1 Å². The third-order valence-electron chi connectivity index (χ3n) is 5.82. The van der Waals surface area contributed by atoms with E-state index in [4.69, 9.17) is 4.74 Å². The molecule has 3 amide bonds. The molecule has 1 atom stereocenters. The summed E-state index contributed by atoms with van der Waals surface area (Å²) in [4.78, 5) is 52.0. The van der Waals surface area contributed by atoms with Crippen LogP contribution >= 0.6 is 0 Å². The minimum atomic E-state index is -4.62. The summed E-state index contributed by atoms with van der Waals surface area (Å²) < 4.78 is 44.3. The van der Waals surface area contributed by atoms with Crippen LogP contribution in [0, 0.1) is 0 Å². The topological polar surface area (TPSA) is 96.0 Å². The molecule has 11 heteroatoms. The second kappa shape index (κ2) is 9.40. The van der Waals surface area contributed by atoms with Crippen molar-refractivity contribution in [2.75, 3.05) is 23.3 Å². The van der Waals surface area contributed by atoms with E-state index in [2.05, 4.69) is 5.32 Å². The van der Waals surface area contributed by atoms with Gasteiger partial charge in [0.2, 0.25) is 11.8 Å². The predicted octanol–water partition coefficient (Wildman–Crippen LogP) is 3.36. The maximum atomic E-state index is 13.0. The van der Waals surface area contributed by atoms with Crippen molar-refractivity contribution in [3.05, 3.63) is 59.2 Å². The number of carbonyl (C=O) groups excluding carboxylic acids is 4. The molecule has 0 radical (unpaired) electrons. The molecule has 2 heterocycles. The van der Waals surface area contributed by atoms with E-state index < -0.39 is 42.2 Å². The average Bonchev–Trinajstić information content (AvgIpc) is 3.21. The Kier molecular flexibility index (Phi) is 6.51. The van der Waals surface area contributed by atoms with E-state index in [1.807, 2.05) is 0 Å². The number of benzene rings is 2. The zero-order valence-electron chi connectivity index (χ0n) is 18.7. The monoisotopic (exact) mass is 489 g/mol. The highest BCUT2D eigenvalue weighted by Gasteiger charge is 2.35. The van der Waals surface area contributed by atoms with Crippen LogP contribution in [0.15, 0.2) is 42.5 Å². The molecule has 35 heavy (non-hydrogen) atoms. The average molecular weight is 489 g/mol. The van der Waals surface area contributed by atoms with Gasteiger partial charge in [0.1, 0.15) is 6.54 Å². The zero-order valence-corrected chi connectivity index (χ0v) is 18.7. The first-order chi connectivity index (χ1) is 16.5. The molecule has 0 saturated carbocycles. The summed E-state index contributed by atoms with van der Waals surface area (Å²) in [6.45, 7) is 2.03. The summed E-state index contributed by atoms with van der Waals surface area (Å²) in [6.07, 6.45) is -4.57. The summed E-state index contributed by atoms with van der Waals surface area (Å²) in [6, 6.07) is 9.09. The van der Waals surface area contributed by atoms with Crippen LogP contribution in [-0.2, 0) is 31.8 Å². The van der Waals surface area contributed by atoms with Crippen LogP contribution < -0.4 is 10.2 Å². The van der Waals surface area contributed by atoms with E-state index in [-0.39, 0.29) is 22.8 Å². The van der Waals surface area contributed by atoms with Gasteiger partial charge in [0, 0.05) is 19.5 Å². The quantitative estimate of drug-likeness (QED) is 0.650. The zero-order chi connectivity index (χ0) is 25.3. The summed E-state index contributed by atoms with van der Waals surface area (Å²) in [7, 11) is 0. The van der Waals surface area contributed by atoms with Gasteiger partial charge < -0.3 is 15.0 Å². The van der Waals surface area contributed by atoms with Crippen molar-refractivity contribution in [3.63, 3.8) is 0 Å². The number of esters is 1. The van der Waals surface area contributed by atoms with E-state index in [0.29, 0.717) is 19.5 Å². The molecule has 2 aromatic carbocycles. The van der Waals surface area contributed by atoms with Crippen LogP contribution in [0.1, 0.15) is 41.3 Å². The number of hydrogen-bond acceptors (Lipinski definition) is 5. The van der Waals surface area contributed by atoms with Gasteiger partial charge in [0.25, 0.3) is 5.91 Å². The Morgan fingerprint density at radius 2 is 1.83 bits per heavy atom. The fourth-order valence-electron chi connectivity index (χ4n) is 4.00. The van der Waals surface area contributed by atoms with Crippen LogP contribution in [0.3, 0.4) is 0 Å². The van der Waals surface area contributed by atoms with Gasteiger partial charge in [-0.1, -0.05) is 12.1 Å². The molecule has 8 nitrogen and oxygen atoms in total. The molecule has 1 unspecified atom stereocenters. The van der Waals surface area contributed by atoms with Gasteiger partial charge >= 0.3 is 12.1 Å². The minimum Gasteiger partial charge on any atom is -0.449 e. The number of amides is 3. The molecule has 0 aromatic heterocycles. The second-order valence-corrected chi connectivity index (χ2v) is 8.37. The summed E-state index contributed by atoms with van der Waals surface area (Å²) in [5, 5.41) is 2.33. The van der Waals surface area contributed by atoms with Gasteiger partial charge in [-0.25, -0.2) is 4.79 Å². The van der Waals surface area contributed by atoms with Gasteiger partial charge in [-0.15, -0.1) is 0 Å². The number of fused-ring (bicyclic) bond motifs is 1. The lowest BCUT2D eigenvalue weighted by molar-refractivity contribution is -0.137. The highest BCUT2D eigenvalue weighted by molar-refractivity contribution is 6.11. The molecule has 2 aromatic rings. The lowest BCUT2D eigenvalue weighted by atomic mass is 10.1. The smallest absolute Gasteiger partial charge is 0.416 e. The molecule has 2 aliphatic rings. The highest BCUT2D eigenvalue weighted by Crippen LogP contribution is 2.37. The molecule has 2 aliphatic heterocycles. The number of hydrogen-bond donors (Lipinski definition) is 1. The Morgan fingerprint density at radius 3 is 2.46 bits per heavy atom. The van der Waals surface area contributed by atoms with E-state index >= 15 is 0 Å². The Labute approximate surface area is 198 Å². The van der Waals surface area contributed by atoms with E-state index in [0.717, 1.165) is 35.1 Å². The molecular weight excluding hydrogens is 467 g/mol. The number of rotatable bonds is 5. The van der Waals surface area contributed by atoms with E-state index in [9.17, 15) is 32.3 Å². The maximum Gasteiger partial charge on any atom is 0.416 e. The molecule has 4 rings (SSSR count). The van der Waals surface area contributed by atoms with Crippen molar-refractivity contribution in [1.82, 2.24) is 4.90 Å². The van der Waals surface area contributed by atoms with Gasteiger partial charge in [-0.05, 0) is 49.2 Å². The molecule has 1 fully saturated rings. The molecule has 0 spiro atoms. The Balaban J connectivity index is 1.43. The van der Waals surface area contributed by atoms with Gasteiger partial charge in [-0.2, -0.15) is 13.2 Å². The Morgan fingerprint density at radius 1 is 1.11 bits per heavy atom. The van der Waals surface area contributed by atoms with Crippen LogP contribution in [0.5, 0.6) is 0 Å². The first-order valence-electron chi connectivity index (χ1n) is 10.9. The standard InChI is InChI=1S/C24H22F3N3O5/c1-14(35-23(34)16-6-4-15(5-7-16)12-29-10-2-3-21(29)32)22(33)30-13-20(31)28-18-11-17(24(25,26)27)8-9-19(18)30/h4-9,11,14H,2-3,10,12-13H2,1H3,(H,28,31). The van der Waals surface area contributed by atoms with Crippen LogP contribution in [0.25, 0.3) is 0 Å². The summed E-state index contributed by atoms with van der Waals surface area (Å²) >= 11 is 0. The van der Waals surface area contributed by atoms with Gasteiger partial charge in [0.05, 0.1) is 22.5 Å². The maximum absolute atomic E-state index is 13.0. The molecule has 184 valence electrons. The van der Waals surface area contributed by atoms with Crippen LogP contribution in [0.2, 0.25) is 0 Å².